The standard InChI is InChI=1S/C17H11ClF3N3O2/c18-15-6-1-10(7-14(15)11-8-22-23-9-11)16(25)24-12-2-4-13(5-3-12)26-17(19,20)21/h1-9H,(H,22,23)(H,24,25). The van der Waals surface area contributed by atoms with E-state index < -0.39 is 12.3 Å². The number of amides is 1. The lowest BCUT2D eigenvalue weighted by molar-refractivity contribution is -0.274. The number of carbonyl (C=O) groups excluding carboxylic acids is 1. The van der Waals surface area contributed by atoms with E-state index >= 15 is 0 Å². The van der Waals surface area contributed by atoms with Crippen molar-refractivity contribution in [2.75, 3.05) is 5.32 Å². The highest BCUT2D eigenvalue weighted by molar-refractivity contribution is 6.33. The molecule has 0 saturated heterocycles. The van der Waals surface area contributed by atoms with Crippen molar-refractivity contribution in [3.05, 3.63) is 65.4 Å². The van der Waals surface area contributed by atoms with Gasteiger partial charge in [-0.05, 0) is 42.5 Å². The van der Waals surface area contributed by atoms with Gasteiger partial charge in [0.2, 0.25) is 0 Å². The van der Waals surface area contributed by atoms with Gasteiger partial charge in [0.05, 0.1) is 6.20 Å². The Morgan fingerprint density at radius 3 is 2.50 bits per heavy atom. The second-order valence-corrected chi connectivity index (χ2v) is 5.62. The van der Waals surface area contributed by atoms with Crippen molar-refractivity contribution < 1.29 is 22.7 Å². The molecule has 0 saturated carbocycles. The van der Waals surface area contributed by atoms with Crippen molar-refractivity contribution in [3.8, 4) is 16.9 Å². The summed E-state index contributed by atoms with van der Waals surface area (Å²) >= 11 is 6.14. The Bertz CT molecular complexity index is 910. The molecule has 134 valence electrons. The first-order valence-electron chi connectivity index (χ1n) is 7.28. The summed E-state index contributed by atoms with van der Waals surface area (Å²) in [5.74, 6) is -0.805. The first-order chi connectivity index (χ1) is 12.3. The molecule has 0 fully saturated rings. The van der Waals surface area contributed by atoms with Crippen molar-refractivity contribution in [2.24, 2.45) is 0 Å². The number of anilines is 1. The van der Waals surface area contributed by atoms with Crippen molar-refractivity contribution in [2.45, 2.75) is 6.36 Å². The maximum atomic E-state index is 12.4. The van der Waals surface area contributed by atoms with Crippen LogP contribution in [0.1, 0.15) is 10.4 Å². The highest BCUT2D eigenvalue weighted by Gasteiger charge is 2.30. The summed E-state index contributed by atoms with van der Waals surface area (Å²) in [6.07, 6.45) is -1.55. The quantitative estimate of drug-likeness (QED) is 0.676. The predicted molar refractivity (Wildman–Crippen MR) is 90.1 cm³/mol. The molecule has 1 aromatic heterocycles. The molecule has 0 unspecified atom stereocenters. The van der Waals surface area contributed by atoms with Gasteiger partial charge in [0, 0.05) is 33.6 Å². The van der Waals surface area contributed by atoms with E-state index in [0.717, 1.165) is 17.7 Å². The average Bonchev–Trinajstić information content (AvgIpc) is 3.10. The summed E-state index contributed by atoms with van der Waals surface area (Å²) in [5.41, 5.74) is 2.01. The number of aromatic amines is 1. The smallest absolute Gasteiger partial charge is 0.406 e. The Labute approximate surface area is 150 Å². The van der Waals surface area contributed by atoms with Gasteiger partial charge in [0.25, 0.3) is 5.91 Å². The van der Waals surface area contributed by atoms with Gasteiger partial charge in [0.1, 0.15) is 5.75 Å². The van der Waals surface area contributed by atoms with Crippen LogP contribution in [0.25, 0.3) is 11.1 Å². The monoisotopic (exact) mass is 381 g/mol. The molecule has 0 aliphatic carbocycles. The number of halogens is 4. The Morgan fingerprint density at radius 2 is 1.88 bits per heavy atom. The largest absolute Gasteiger partial charge is 0.573 e. The number of nitrogens with zero attached hydrogens (tertiary/aromatic N) is 1. The zero-order valence-corrected chi connectivity index (χ0v) is 13.7. The van der Waals surface area contributed by atoms with E-state index in [4.69, 9.17) is 11.6 Å². The first kappa shape index (κ1) is 17.8. The average molecular weight is 382 g/mol. The fourth-order valence-corrected chi connectivity index (χ4v) is 2.46. The zero-order chi connectivity index (χ0) is 18.7. The van der Waals surface area contributed by atoms with E-state index in [1.807, 2.05) is 0 Å². The normalized spacial score (nSPS) is 11.2. The summed E-state index contributed by atoms with van der Waals surface area (Å²) in [6.45, 7) is 0. The predicted octanol–water partition coefficient (Wildman–Crippen LogP) is 4.88. The Hall–Kier alpha value is -3.00. The molecule has 1 heterocycles. The van der Waals surface area contributed by atoms with Crippen LogP contribution in [0.3, 0.4) is 0 Å². The van der Waals surface area contributed by atoms with Gasteiger partial charge in [-0.25, -0.2) is 0 Å². The van der Waals surface area contributed by atoms with Crippen LogP contribution in [-0.4, -0.2) is 22.5 Å². The van der Waals surface area contributed by atoms with Crippen LogP contribution in [0.2, 0.25) is 5.02 Å². The van der Waals surface area contributed by atoms with Crippen LogP contribution in [0.15, 0.2) is 54.9 Å². The van der Waals surface area contributed by atoms with Crippen LogP contribution >= 0.6 is 11.6 Å². The lowest BCUT2D eigenvalue weighted by Crippen LogP contribution is -2.17. The molecule has 0 aliphatic rings. The Morgan fingerprint density at radius 1 is 1.15 bits per heavy atom. The molecular weight excluding hydrogens is 371 g/mol. The Kier molecular flexibility index (Phi) is 4.85. The second-order valence-electron chi connectivity index (χ2n) is 5.21. The van der Waals surface area contributed by atoms with Crippen molar-refractivity contribution in [3.63, 3.8) is 0 Å². The molecule has 26 heavy (non-hydrogen) atoms. The van der Waals surface area contributed by atoms with E-state index in [1.165, 1.54) is 12.1 Å². The lowest BCUT2D eigenvalue weighted by Gasteiger charge is -2.10. The fourth-order valence-electron chi connectivity index (χ4n) is 2.23. The maximum Gasteiger partial charge on any atom is 0.573 e. The molecule has 3 aromatic rings. The van der Waals surface area contributed by atoms with Crippen LogP contribution < -0.4 is 10.1 Å². The SMILES string of the molecule is O=C(Nc1ccc(OC(F)(F)F)cc1)c1ccc(Cl)c(-c2cn[nH]c2)c1. The van der Waals surface area contributed by atoms with Crippen LogP contribution in [0.4, 0.5) is 18.9 Å². The number of nitrogens with one attached hydrogen (secondary N) is 2. The number of H-pyrrole nitrogens is 1. The number of ether oxygens (including phenoxy) is 1. The number of carbonyl (C=O) groups is 1. The molecule has 2 aromatic carbocycles. The highest BCUT2D eigenvalue weighted by Crippen LogP contribution is 2.29. The molecule has 0 bridgehead atoms. The highest BCUT2D eigenvalue weighted by atomic mass is 35.5. The third-order valence-electron chi connectivity index (χ3n) is 3.38. The van der Waals surface area contributed by atoms with E-state index in [9.17, 15) is 18.0 Å². The minimum absolute atomic E-state index is 0.323. The molecular formula is C17H11ClF3N3O2. The van der Waals surface area contributed by atoms with Crippen LogP contribution in [0, 0.1) is 0 Å². The molecule has 2 N–H and O–H groups in total. The number of aromatic nitrogens is 2. The molecule has 0 aliphatic heterocycles. The summed E-state index contributed by atoms with van der Waals surface area (Å²) in [6, 6.07) is 9.58. The van der Waals surface area contributed by atoms with Crippen molar-refractivity contribution in [1.82, 2.24) is 10.2 Å². The van der Waals surface area contributed by atoms with Gasteiger partial charge in [0.15, 0.2) is 0 Å². The number of rotatable bonds is 4. The lowest BCUT2D eigenvalue weighted by atomic mass is 10.1. The van der Waals surface area contributed by atoms with Gasteiger partial charge in [-0.15, -0.1) is 13.2 Å². The molecule has 0 spiro atoms. The van der Waals surface area contributed by atoms with Crippen LogP contribution in [0.5, 0.6) is 5.75 Å². The molecule has 9 heteroatoms. The first-order valence-corrected chi connectivity index (χ1v) is 7.65. The van der Waals surface area contributed by atoms with Crippen LogP contribution in [-0.2, 0) is 0 Å². The molecule has 1 amide bonds. The number of alkyl halides is 3. The van der Waals surface area contributed by atoms with Crippen molar-refractivity contribution in [1.29, 1.82) is 0 Å². The molecule has 5 nitrogen and oxygen atoms in total. The van der Waals surface area contributed by atoms with Gasteiger partial charge >= 0.3 is 6.36 Å². The topological polar surface area (TPSA) is 67.0 Å². The van der Waals surface area contributed by atoms with Gasteiger partial charge in [-0.1, -0.05) is 11.6 Å². The minimum atomic E-state index is -4.77. The van der Waals surface area contributed by atoms with Gasteiger partial charge in [-0.3, -0.25) is 9.89 Å². The summed E-state index contributed by atoms with van der Waals surface area (Å²) in [5, 5.41) is 9.56. The van der Waals surface area contributed by atoms with Gasteiger partial charge < -0.3 is 10.1 Å². The number of hydrogen-bond acceptors (Lipinski definition) is 3. The fraction of sp³-hybridized carbons (Fsp3) is 0.0588. The Balaban J connectivity index is 1.75. The van der Waals surface area contributed by atoms with E-state index in [2.05, 4.69) is 20.3 Å². The summed E-state index contributed by atoms with van der Waals surface area (Å²) in [4.78, 5) is 12.4. The molecule has 3 rings (SSSR count). The molecule has 0 atom stereocenters. The van der Waals surface area contributed by atoms with E-state index in [-0.39, 0.29) is 5.75 Å². The van der Waals surface area contributed by atoms with Gasteiger partial charge in [-0.2, -0.15) is 5.10 Å². The second kappa shape index (κ2) is 7.09. The summed E-state index contributed by atoms with van der Waals surface area (Å²) in [7, 11) is 0. The van der Waals surface area contributed by atoms with Crippen molar-refractivity contribution >= 4 is 23.2 Å². The van der Waals surface area contributed by atoms with E-state index in [1.54, 1.807) is 30.6 Å². The number of benzene rings is 2. The maximum absolute atomic E-state index is 12.4. The number of hydrogen-bond donors (Lipinski definition) is 2. The third-order valence-corrected chi connectivity index (χ3v) is 3.71. The minimum Gasteiger partial charge on any atom is -0.406 e. The van der Waals surface area contributed by atoms with E-state index in [0.29, 0.717) is 21.8 Å². The third kappa shape index (κ3) is 4.34. The summed E-state index contributed by atoms with van der Waals surface area (Å²) < 4.78 is 40.2. The molecule has 0 radical (unpaired) electrons. The zero-order valence-electron chi connectivity index (χ0n) is 13.0.